The molecule has 0 aliphatic carbocycles. The Morgan fingerprint density at radius 1 is 1.00 bits per heavy atom. The molecule has 0 saturated carbocycles. The number of H-pyrrole nitrogens is 1. The van der Waals surface area contributed by atoms with Gasteiger partial charge in [0.1, 0.15) is 0 Å². The van der Waals surface area contributed by atoms with Gasteiger partial charge in [0.15, 0.2) is 0 Å². The number of aromatic amines is 1. The van der Waals surface area contributed by atoms with Crippen LogP contribution in [0.1, 0.15) is 16.8 Å². The van der Waals surface area contributed by atoms with Crippen molar-refractivity contribution in [1.29, 1.82) is 0 Å². The molecule has 1 heterocycles. The summed E-state index contributed by atoms with van der Waals surface area (Å²) in [6, 6.07) is 13.0. The van der Waals surface area contributed by atoms with Gasteiger partial charge >= 0.3 is 0 Å². The largest absolute Gasteiger partial charge is 0.355 e. The van der Waals surface area contributed by atoms with Crippen LogP contribution in [0.4, 0.5) is 5.69 Å². The number of aryl methyl sites for hydroxylation is 1. The van der Waals surface area contributed by atoms with Crippen molar-refractivity contribution in [2.24, 2.45) is 0 Å². The van der Waals surface area contributed by atoms with Gasteiger partial charge in [-0.1, -0.05) is 12.1 Å². The van der Waals surface area contributed by atoms with Gasteiger partial charge in [0.2, 0.25) is 5.91 Å². The van der Waals surface area contributed by atoms with Gasteiger partial charge in [0.05, 0.1) is 17.3 Å². The van der Waals surface area contributed by atoms with Gasteiger partial charge in [0.25, 0.3) is 17.0 Å². The van der Waals surface area contributed by atoms with Gasteiger partial charge in [-0.2, -0.15) is 0 Å². The third-order valence-corrected chi connectivity index (χ3v) is 4.10. The molecule has 27 heavy (non-hydrogen) atoms. The lowest BCUT2D eigenvalue weighted by molar-refractivity contribution is -0.116. The highest BCUT2D eigenvalue weighted by molar-refractivity contribution is 5.95. The van der Waals surface area contributed by atoms with Gasteiger partial charge in [-0.25, -0.2) is 4.68 Å². The number of nitrogens with zero attached hydrogens (tertiary/aromatic N) is 1. The van der Waals surface area contributed by atoms with Gasteiger partial charge < -0.3 is 10.6 Å². The van der Waals surface area contributed by atoms with E-state index in [4.69, 9.17) is 0 Å². The molecule has 0 unspecified atom stereocenters. The number of rotatable bonds is 5. The quantitative estimate of drug-likeness (QED) is 0.627. The zero-order valence-corrected chi connectivity index (χ0v) is 14.6. The zero-order valence-electron chi connectivity index (χ0n) is 14.6. The first-order chi connectivity index (χ1) is 13.0. The summed E-state index contributed by atoms with van der Waals surface area (Å²) >= 11 is 0. The maximum atomic E-state index is 12.4. The van der Waals surface area contributed by atoms with Crippen molar-refractivity contribution in [3.63, 3.8) is 0 Å². The smallest absolute Gasteiger partial charge is 0.273 e. The van der Waals surface area contributed by atoms with Crippen LogP contribution in [-0.4, -0.2) is 28.6 Å². The SMILES string of the molecule is CNC(=O)c1ccc(NC(=O)CCn2[nH]c(=O)c3ccccc3c2=O)cc1. The van der Waals surface area contributed by atoms with Crippen molar-refractivity contribution in [1.82, 2.24) is 15.1 Å². The van der Waals surface area contributed by atoms with Crippen LogP contribution in [-0.2, 0) is 11.3 Å². The van der Waals surface area contributed by atoms with E-state index < -0.39 is 0 Å². The van der Waals surface area contributed by atoms with Crippen LogP contribution in [0, 0.1) is 0 Å². The second kappa shape index (κ2) is 7.69. The van der Waals surface area contributed by atoms with E-state index in [-0.39, 0.29) is 35.9 Å². The predicted octanol–water partition coefficient (Wildman–Crippen LogP) is 1.08. The molecular formula is C19H18N4O4. The summed E-state index contributed by atoms with van der Waals surface area (Å²) in [4.78, 5) is 48.1. The topological polar surface area (TPSA) is 113 Å². The van der Waals surface area contributed by atoms with E-state index in [1.165, 1.54) is 7.05 Å². The summed E-state index contributed by atoms with van der Waals surface area (Å²) in [5, 5.41) is 8.32. The number of benzene rings is 2. The van der Waals surface area contributed by atoms with Gasteiger partial charge in [-0.15, -0.1) is 0 Å². The van der Waals surface area contributed by atoms with Crippen LogP contribution >= 0.6 is 0 Å². The van der Waals surface area contributed by atoms with Crippen molar-refractivity contribution in [3.8, 4) is 0 Å². The van der Waals surface area contributed by atoms with Crippen LogP contribution in [0.3, 0.4) is 0 Å². The molecule has 0 bridgehead atoms. The third-order valence-electron chi connectivity index (χ3n) is 4.10. The number of hydrogen-bond donors (Lipinski definition) is 3. The molecule has 0 saturated heterocycles. The van der Waals surface area contributed by atoms with Crippen LogP contribution in [0.5, 0.6) is 0 Å². The molecular weight excluding hydrogens is 348 g/mol. The lowest BCUT2D eigenvalue weighted by Gasteiger charge is -2.08. The summed E-state index contributed by atoms with van der Waals surface area (Å²) in [6.45, 7) is 0.0427. The van der Waals surface area contributed by atoms with Crippen molar-refractivity contribution in [2.75, 3.05) is 12.4 Å². The monoisotopic (exact) mass is 366 g/mol. The molecule has 0 atom stereocenters. The van der Waals surface area contributed by atoms with E-state index in [1.807, 2.05) is 0 Å². The second-order valence-electron chi connectivity index (χ2n) is 5.90. The minimum atomic E-state index is -0.379. The number of amides is 2. The molecule has 3 aromatic rings. The summed E-state index contributed by atoms with van der Waals surface area (Å²) in [7, 11) is 1.54. The fourth-order valence-corrected chi connectivity index (χ4v) is 2.69. The minimum absolute atomic E-state index is 0.00534. The average molecular weight is 366 g/mol. The highest BCUT2D eigenvalue weighted by Crippen LogP contribution is 2.10. The predicted molar refractivity (Wildman–Crippen MR) is 102 cm³/mol. The normalized spacial score (nSPS) is 10.6. The van der Waals surface area contributed by atoms with Gasteiger partial charge in [-0.3, -0.25) is 24.3 Å². The molecule has 0 spiro atoms. The Bertz CT molecular complexity index is 1110. The molecule has 2 aromatic carbocycles. The number of anilines is 1. The van der Waals surface area contributed by atoms with Crippen LogP contribution in [0.15, 0.2) is 58.1 Å². The van der Waals surface area contributed by atoms with Crippen molar-refractivity contribution in [3.05, 3.63) is 74.8 Å². The maximum absolute atomic E-state index is 12.4. The number of hydrogen-bond acceptors (Lipinski definition) is 4. The second-order valence-corrected chi connectivity index (χ2v) is 5.90. The van der Waals surface area contributed by atoms with E-state index in [1.54, 1.807) is 48.5 Å². The first-order valence-corrected chi connectivity index (χ1v) is 8.33. The van der Waals surface area contributed by atoms with E-state index in [2.05, 4.69) is 15.7 Å². The highest BCUT2D eigenvalue weighted by atomic mass is 16.2. The van der Waals surface area contributed by atoms with Gasteiger partial charge in [0, 0.05) is 24.7 Å². The minimum Gasteiger partial charge on any atom is -0.355 e. The fourth-order valence-electron chi connectivity index (χ4n) is 2.69. The molecule has 0 aliphatic rings. The Hall–Kier alpha value is -3.68. The van der Waals surface area contributed by atoms with E-state index in [0.29, 0.717) is 22.0 Å². The molecule has 3 N–H and O–H groups in total. The van der Waals surface area contributed by atoms with E-state index >= 15 is 0 Å². The Kier molecular flexibility index (Phi) is 5.16. The maximum Gasteiger partial charge on any atom is 0.273 e. The molecule has 0 radical (unpaired) electrons. The standard InChI is InChI=1S/C19H18N4O4/c1-20-17(25)12-6-8-13(9-7-12)21-16(24)10-11-23-19(27)15-5-3-2-4-14(15)18(26)22-23/h2-9H,10-11H2,1H3,(H,20,25)(H,21,24)(H,22,26). The Morgan fingerprint density at radius 3 is 2.33 bits per heavy atom. The summed E-state index contributed by atoms with van der Waals surface area (Å²) < 4.78 is 1.14. The van der Waals surface area contributed by atoms with Crippen LogP contribution in [0.25, 0.3) is 10.8 Å². The Labute approximate surface area is 153 Å². The summed E-state index contributed by atoms with van der Waals surface area (Å²) in [5.41, 5.74) is 0.283. The zero-order chi connectivity index (χ0) is 19.4. The van der Waals surface area contributed by atoms with Gasteiger partial charge in [-0.05, 0) is 36.4 Å². The number of fused-ring (bicyclic) bond motifs is 1. The molecule has 8 nitrogen and oxygen atoms in total. The number of carbonyl (C=O) groups is 2. The van der Waals surface area contributed by atoms with Crippen LogP contribution < -0.4 is 21.8 Å². The molecule has 3 rings (SSSR count). The van der Waals surface area contributed by atoms with E-state index in [9.17, 15) is 19.2 Å². The first kappa shape index (κ1) is 18.1. The first-order valence-electron chi connectivity index (χ1n) is 8.33. The summed E-state index contributed by atoms with van der Waals surface area (Å²) in [6.07, 6.45) is 0.00534. The van der Waals surface area contributed by atoms with Crippen LogP contribution in [0.2, 0.25) is 0 Å². The molecule has 8 heteroatoms. The lowest BCUT2D eigenvalue weighted by Crippen LogP contribution is -2.31. The fraction of sp³-hybridized carbons (Fsp3) is 0.158. The van der Waals surface area contributed by atoms with Crippen molar-refractivity contribution >= 4 is 28.3 Å². The molecule has 0 aliphatic heterocycles. The third kappa shape index (κ3) is 3.95. The number of nitrogens with one attached hydrogen (secondary N) is 3. The lowest BCUT2D eigenvalue weighted by atomic mass is 10.2. The molecule has 0 fully saturated rings. The summed E-state index contributed by atoms with van der Waals surface area (Å²) in [5.74, 6) is -0.531. The number of aromatic nitrogens is 2. The Balaban J connectivity index is 1.68. The highest BCUT2D eigenvalue weighted by Gasteiger charge is 2.09. The van der Waals surface area contributed by atoms with Crippen molar-refractivity contribution < 1.29 is 9.59 Å². The number of carbonyl (C=O) groups excluding carboxylic acids is 2. The molecule has 1 aromatic heterocycles. The average Bonchev–Trinajstić information content (AvgIpc) is 2.69. The van der Waals surface area contributed by atoms with E-state index in [0.717, 1.165) is 4.68 Å². The Morgan fingerprint density at radius 2 is 1.67 bits per heavy atom. The molecule has 2 amide bonds. The van der Waals surface area contributed by atoms with Crippen molar-refractivity contribution in [2.45, 2.75) is 13.0 Å². The molecule has 138 valence electrons.